The molecule has 0 aliphatic heterocycles. The normalized spacial score (nSPS) is 10.9. The third-order valence-electron chi connectivity index (χ3n) is 10.5. The van der Waals surface area contributed by atoms with Gasteiger partial charge in [-0.05, 0) is 211 Å². The molecule has 0 aromatic heterocycles. The van der Waals surface area contributed by atoms with Gasteiger partial charge < -0.3 is 0 Å². The van der Waals surface area contributed by atoms with Gasteiger partial charge in [0.1, 0.15) is 0 Å². The fraction of sp³-hybridized carbons (Fsp3) is 0.250. The van der Waals surface area contributed by atoms with Gasteiger partial charge in [-0.2, -0.15) is 0 Å². The molecular weight excluding hydrogens is 577 g/mol. The van der Waals surface area contributed by atoms with Gasteiger partial charge in [0.2, 0.25) is 0 Å². The van der Waals surface area contributed by atoms with Gasteiger partial charge in [0.25, 0.3) is 0 Å². The molecule has 0 unspecified atom stereocenters. The van der Waals surface area contributed by atoms with E-state index >= 15 is 0 Å². The molecule has 6 aromatic carbocycles. The van der Waals surface area contributed by atoms with Gasteiger partial charge in [-0.3, -0.25) is 0 Å². The predicted octanol–water partition coefficient (Wildman–Crippen LogP) is 14.1. The first-order valence-electron chi connectivity index (χ1n) is 17.5. The van der Waals surface area contributed by atoms with Crippen LogP contribution < -0.4 is 0 Å². The maximum Gasteiger partial charge on any atom is -0.0146 e. The maximum absolute atomic E-state index is 2.41. The molecule has 6 aromatic rings. The van der Waals surface area contributed by atoms with Crippen molar-refractivity contribution in [1.82, 2.24) is 0 Å². The van der Waals surface area contributed by atoms with Crippen LogP contribution in [0.1, 0.15) is 69.5 Å². The summed E-state index contributed by atoms with van der Waals surface area (Å²) >= 11 is 0. The Balaban J connectivity index is 0.00000221. The molecule has 244 valence electrons. The van der Waals surface area contributed by atoms with Crippen LogP contribution in [0.15, 0.2) is 97.1 Å². The van der Waals surface area contributed by atoms with E-state index in [0.717, 1.165) is 0 Å². The van der Waals surface area contributed by atoms with E-state index in [1.807, 2.05) is 13.8 Å². The lowest BCUT2D eigenvalue weighted by atomic mass is 9.86. The third kappa shape index (κ3) is 6.81. The number of hydrogen-bond acceptors (Lipinski definition) is 0. The van der Waals surface area contributed by atoms with Crippen LogP contribution in [-0.2, 0) is 0 Å². The summed E-state index contributed by atoms with van der Waals surface area (Å²) < 4.78 is 0. The lowest BCUT2D eigenvalue weighted by molar-refractivity contribution is 1.26. The van der Waals surface area contributed by atoms with Crippen molar-refractivity contribution in [2.45, 2.75) is 83.1 Å². The minimum absolute atomic E-state index is 1.23. The molecule has 0 saturated heterocycles. The highest BCUT2D eigenvalue weighted by Crippen LogP contribution is 2.39. The molecule has 48 heavy (non-hydrogen) atoms. The zero-order valence-electron chi connectivity index (χ0n) is 31.2. The SMILES string of the molecule is CC.Cc1cc(-c2cc(-c3cc(-c4ccccc4)cc(-c4cc(C)c(C)c(-c5cc(C)c(C)c(C)c5)c4)c3)cc(C)c2C)cc(C)c1C. The lowest BCUT2D eigenvalue weighted by Gasteiger charge is -2.18. The molecule has 0 saturated carbocycles. The monoisotopic (exact) mass is 628 g/mol. The van der Waals surface area contributed by atoms with E-state index in [1.54, 1.807) is 0 Å². The Bertz CT molecular complexity index is 1940. The zero-order chi connectivity index (χ0) is 34.9. The largest absolute Gasteiger partial charge is 0.0683 e. The second kappa shape index (κ2) is 14.2. The zero-order valence-corrected chi connectivity index (χ0v) is 31.2. The van der Waals surface area contributed by atoms with E-state index in [9.17, 15) is 0 Å². The molecule has 0 fully saturated rings. The van der Waals surface area contributed by atoms with Gasteiger partial charge in [-0.1, -0.05) is 80.6 Å². The van der Waals surface area contributed by atoms with Crippen LogP contribution >= 0.6 is 0 Å². The van der Waals surface area contributed by atoms with E-state index in [2.05, 4.69) is 166 Å². The highest BCUT2D eigenvalue weighted by Gasteiger charge is 2.15. The fourth-order valence-corrected chi connectivity index (χ4v) is 6.79. The van der Waals surface area contributed by atoms with E-state index in [0.29, 0.717) is 0 Å². The van der Waals surface area contributed by atoms with Crippen LogP contribution in [0.2, 0.25) is 0 Å². The van der Waals surface area contributed by atoms with Crippen molar-refractivity contribution in [3.8, 4) is 55.6 Å². The van der Waals surface area contributed by atoms with Crippen LogP contribution in [0.25, 0.3) is 55.6 Å². The first-order valence-corrected chi connectivity index (χ1v) is 17.5. The molecule has 6 rings (SSSR count). The van der Waals surface area contributed by atoms with Crippen LogP contribution in [-0.4, -0.2) is 0 Å². The molecule has 0 nitrogen and oxygen atoms in total. The minimum atomic E-state index is 1.23. The highest BCUT2D eigenvalue weighted by molar-refractivity contribution is 5.86. The van der Waals surface area contributed by atoms with Crippen LogP contribution in [0.3, 0.4) is 0 Å². The Hall–Kier alpha value is -4.68. The molecule has 0 aliphatic carbocycles. The first-order chi connectivity index (χ1) is 22.9. The summed E-state index contributed by atoms with van der Waals surface area (Å²) in [5, 5.41) is 0. The molecule has 0 radical (unpaired) electrons. The smallest absolute Gasteiger partial charge is 0.0146 e. The number of aryl methyl sites for hydroxylation is 6. The molecule has 0 aliphatic rings. The third-order valence-corrected chi connectivity index (χ3v) is 10.5. The quantitative estimate of drug-likeness (QED) is 0.178. The number of rotatable bonds is 5. The van der Waals surface area contributed by atoms with Crippen LogP contribution in [0, 0.1) is 69.2 Å². The van der Waals surface area contributed by atoms with Gasteiger partial charge in [0, 0.05) is 0 Å². The molecule has 0 spiro atoms. The molecule has 0 heteroatoms. The Labute approximate surface area is 290 Å². The summed E-state index contributed by atoms with van der Waals surface area (Å²) in [5.74, 6) is 0. The topological polar surface area (TPSA) is 0 Å². The Morgan fingerprint density at radius 3 is 0.875 bits per heavy atom. The van der Waals surface area contributed by atoms with Gasteiger partial charge in [0.05, 0.1) is 0 Å². The number of benzene rings is 6. The Morgan fingerprint density at radius 2 is 0.521 bits per heavy atom. The van der Waals surface area contributed by atoms with Gasteiger partial charge >= 0.3 is 0 Å². The summed E-state index contributed by atoms with van der Waals surface area (Å²) in [5.41, 5.74) is 26.1. The Morgan fingerprint density at radius 1 is 0.250 bits per heavy atom. The summed E-state index contributed by atoms with van der Waals surface area (Å²) in [6.07, 6.45) is 0. The van der Waals surface area contributed by atoms with Gasteiger partial charge in [-0.25, -0.2) is 0 Å². The Kier molecular flexibility index (Phi) is 10.3. The van der Waals surface area contributed by atoms with Gasteiger partial charge in [-0.15, -0.1) is 0 Å². The maximum atomic E-state index is 2.41. The first kappa shape index (κ1) is 34.6. The van der Waals surface area contributed by atoms with Crippen molar-refractivity contribution < 1.29 is 0 Å². The molecular formula is C48H52. The molecule has 0 bridgehead atoms. The fourth-order valence-electron chi connectivity index (χ4n) is 6.79. The standard InChI is InChI=1S/C46H46.C2H6/c1-27-18-43(19-28(2)33(27)7)45-25-38(16-31(5)35(45)9)41-22-40(37-14-12-11-13-15-37)23-42(24-41)39-17-32(6)36(10)46(26-39)44-20-29(3)34(8)30(4)21-44;1-2/h11-26H,1-10H3;1-2H3. The van der Waals surface area contributed by atoms with E-state index < -0.39 is 0 Å². The lowest BCUT2D eigenvalue weighted by Crippen LogP contribution is -1.95. The second-order valence-electron chi connectivity index (χ2n) is 13.6. The van der Waals surface area contributed by atoms with Crippen molar-refractivity contribution in [3.05, 3.63) is 153 Å². The van der Waals surface area contributed by atoms with E-state index in [1.165, 1.54) is 111 Å². The van der Waals surface area contributed by atoms with E-state index in [4.69, 9.17) is 0 Å². The average Bonchev–Trinajstić information content (AvgIpc) is 3.09. The van der Waals surface area contributed by atoms with Crippen molar-refractivity contribution in [2.75, 3.05) is 0 Å². The summed E-state index contributed by atoms with van der Waals surface area (Å²) in [4.78, 5) is 0. The summed E-state index contributed by atoms with van der Waals surface area (Å²) in [7, 11) is 0. The highest BCUT2D eigenvalue weighted by atomic mass is 14.2. The van der Waals surface area contributed by atoms with Crippen molar-refractivity contribution in [2.24, 2.45) is 0 Å². The van der Waals surface area contributed by atoms with Crippen molar-refractivity contribution in [3.63, 3.8) is 0 Å². The minimum Gasteiger partial charge on any atom is -0.0683 e. The van der Waals surface area contributed by atoms with E-state index in [-0.39, 0.29) is 0 Å². The average molecular weight is 629 g/mol. The summed E-state index contributed by atoms with van der Waals surface area (Å²) in [6, 6.07) is 36.9. The predicted molar refractivity (Wildman–Crippen MR) is 212 cm³/mol. The van der Waals surface area contributed by atoms with Crippen LogP contribution in [0.4, 0.5) is 0 Å². The van der Waals surface area contributed by atoms with Crippen molar-refractivity contribution in [1.29, 1.82) is 0 Å². The van der Waals surface area contributed by atoms with Gasteiger partial charge in [0.15, 0.2) is 0 Å². The number of hydrogen-bond donors (Lipinski definition) is 0. The molecule has 0 atom stereocenters. The molecule has 0 heterocycles. The van der Waals surface area contributed by atoms with Crippen LogP contribution in [0.5, 0.6) is 0 Å². The summed E-state index contributed by atoms with van der Waals surface area (Å²) in [6.45, 7) is 26.4. The van der Waals surface area contributed by atoms with Crippen molar-refractivity contribution >= 4 is 0 Å². The second-order valence-corrected chi connectivity index (χ2v) is 13.6. The molecule has 0 amide bonds. The molecule has 0 N–H and O–H groups in total.